The molecule has 1 aromatic rings. The Balaban J connectivity index is 3.01. The highest BCUT2D eigenvalue weighted by atomic mass is 35.5. The third-order valence-electron chi connectivity index (χ3n) is 2.31. The first kappa shape index (κ1) is 15.2. The molecule has 18 heavy (non-hydrogen) atoms. The summed E-state index contributed by atoms with van der Waals surface area (Å²) in [5.41, 5.74) is -0.476. The van der Waals surface area contributed by atoms with Gasteiger partial charge in [0.2, 0.25) is 10.0 Å². The second-order valence-corrected chi connectivity index (χ2v) is 6.27. The van der Waals surface area contributed by atoms with Crippen LogP contribution in [0.1, 0.15) is 12.5 Å². The van der Waals surface area contributed by atoms with Gasteiger partial charge in [0.25, 0.3) is 0 Å². The summed E-state index contributed by atoms with van der Waals surface area (Å²) < 4.78 is 52.3. The van der Waals surface area contributed by atoms with Gasteiger partial charge in [0, 0.05) is 5.88 Å². The Labute approximate surface area is 110 Å². The number of sulfonamides is 1. The molecule has 0 heterocycles. The molecule has 0 saturated carbocycles. The minimum atomic E-state index is -3.82. The molecular weight excluding hydrogens is 284 g/mol. The summed E-state index contributed by atoms with van der Waals surface area (Å²) in [6.07, 6.45) is 0. The lowest BCUT2D eigenvalue weighted by Crippen LogP contribution is -2.23. The van der Waals surface area contributed by atoms with Crippen LogP contribution in [0, 0.1) is 24.5 Å². The van der Waals surface area contributed by atoms with Crippen molar-refractivity contribution in [3.63, 3.8) is 0 Å². The summed E-state index contributed by atoms with van der Waals surface area (Å²) >= 11 is 5.51. The molecule has 1 unspecified atom stereocenters. The Morgan fingerprint density at radius 3 is 2.56 bits per heavy atom. The van der Waals surface area contributed by atoms with Gasteiger partial charge in [-0.3, -0.25) is 4.72 Å². The minimum Gasteiger partial charge on any atom is -0.278 e. The van der Waals surface area contributed by atoms with Crippen LogP contribution in [-0.4, -0.2) is 20.1 Å². The van der Waals surface area contributed by atoms with Gasteiger partial charge in [-0.1, -0.05) is 13.0 Å². The van der Waals surface area contributed by atoms with E-state index in [0.717, 1.165) is 6.07 Å². The van der Waals surface area contributed by atoms with Crippen molar-refractivity contribution in [2.24, 2.45) is 5.92 Å². The average Bonchev–Trinajstić information content (AvgIpc) is 2.29. The summed E-state index contributed by atoms with van der Waals surface area (Å²) in [4.78, 5) is 0. The maximum absolute atomic E-state index is 13.6. The molecule has 0 aliphatic heterocycles. The van der Waals surface area contributed by atoms with Crippen LogP contribution >= 0.6 is 11.6 Å². The van der Waals surface area contributed by atoms with Crippen molar-refractivity contribution in [2.75, 3.05) is 16.4 Å². The Morgan fingerprint density at radius 2 is 2.00 bits per heavy atom. The van der Waals surface area contributed by atoms with Crippen LogP contribution in [0.2, 0.25) is 0 Å². The molecule has 1 N–H and O–H groups in total. The van der Waals surface area contributed by atoms with Gasteiger partial charge < -0.3 is 0 Å². The van der Waals surface area contributed by atoms with Crippen LogP contribution in [-0.2, 0) is 10.0 Å². The standard InChI is InChI=1S/C11H14ClF2NO2S/c1-7(5-12)6-18(16,17)15-11-9(13)4-3-8(2)10(11)14/h3-4,7,15H,5-6H2,1-2H3. The molecule has 0 spiro atoms. The maximum atomic E-state index is 13.6. The number of alkyl halides is 1. The number of anilines is 1. The van der Waals surface area contributed by atoms with E-state index >= 15 is 0 Å². The minimum absolute atomic E-state index is 0.152. The zero-order chi connectivity index (χ0) is 13.9. The molecule has 3 nitrogen and oxygen atoms in total. The lowest BCUT2D eigenvalue weighted by atomic mass is 10.2. The van der Waals surface area contributed by atoms with Crippen molar-refractivity contribution in [3.05, 3.63) is 29.3 Å². The van der Waals surface area contributed by atoms with Gasteiger partial charge in [0.15, 0.2) is 5.82 Å². The number of rotatable bonds is 5. The third kappa shape index (κ3) is 3.81. The highest BCUT2D eigenvalue weighted by Crippen LogP contribution is 2.23. The fraction of sp³-hybridized carbons (Fsp3) is 0.455. The zero-order valence-electron chi connectivity index (χ0n) is 10.0. The lowest BCUT2D eigenvalue weighted by Gasteiger charge is -2.13. The van der Waals surface area contributed by atoms with Gasteiger partial charge in [-0.2, -0.15) is 0 Å². The third-order valence-corrected chi connectivity index (χ3v) is 4.36. The number of aryl methyl sites for hydroxylation is 1. The van der Waals surface area contributed by atoms with Crippen LogP contribution in [0.25, 0.3) is 0 Å². The second-order valence-electron chi connectivity index (χ2n) is 4.20. The molecule has 0 saturated heterocycles. The van der Waals surface area contributed by atoms with E-state index in [2.05, 4.69) is 0 Å². The summed E-state index contributed by atoms with van der Waals surface area (Å²) in [5.74, 6) is -2.29. The van der Waals surface area contributed by atoms with E-state index in [4.69, 9.17) is 11.6 Å². The molecule has 0 bridgehead atoms. The van der Waals surface area contributed by atoms with Gasteiger partial charge in [-0.05, 0) is 24.5 Å². The van der Waals surface area contributed by atoms with Gasteiger partial charge in [-0.25, -0.2) is 17.2 Å². The van der Waals surface area contributed by atoms with Crippen molar-refractivity contribution < 1.29 is 17.2 Å². The summed E-state index contributed by atoms with van der Waals surface area (Å²) in [6.45, 7) is 3.06. The zero-order valence-corrected chi connectivity index (χ0v) is 11.6. The first-order chi connectivity index (χ1) is 8.26. The number of halogens is 3. The van der Waals surface area contributed by atoms with Crippen LogP contribution in [0.5, 0.6) is 0 Å². The summed E-state index contributed by atoms with van der Waals surface area (Å²) in [5, 5.41) is 0. The van der Waals surface area contributed by atoms with Crippen molar-refractivity contribution >= 4 is 27.3 Å². The predicted molar refractivity (Wildman–Crippen MR) is 68.4 cm³/mol. The molecule has 1 atom stereocenters. The van der Waals surface area contributed by atoms with E-state index in [1.807, 2.05) is 4.72 Å². The molecule has 0 amide bonds. The van der Waals surface area contributed by atoms with E-state index < -0.39 is 27.3 Å². The van der Waals surface area contributed by atoms with Crippen LogP contribution in [0.3, 0.4) is 0 Å². The maximum Gasteiger partial charge on any atom is 0.233 e. The van der Waals surface area contributed by atoms with E-state index in [1.165, 1.54) is 13.0 Å². The first-order valence-corrected chi connectivity index (χ1v) is 7.46. The van der Waals surface area contributed by atoms with Crippen LogP contribution < -0.4 is 4.72 Å². The van der Waals surface area contributed by atoms with E-state index in [-0.39, 0.29) is 23.1 Å². The molecular formula is C11H14ClF2NO2S. The van der Waals surface area contributed by atoms with Crippen molar-refractivity contribution in [2.45, 2.75) is 13.8 Å². The van der Waals surface area contributed by atoms with Crippen molar-refractivity contribution in [3.8, 4) is 0 Å². The van der Waals surface area contributed by atoms with Crippen molar-refractivity contribution in [1.29, 1.82) is 0 Å². The normalized spacial score (nSPS) is 13.4. The highest BCUT2D eigenvalue weighted by molar-refractivity contribution is 7.92. The van der Waals surface area contributed by atoms with Gasteiger partial charge in [0.05, 0.1) is 5.75 Å². The summed E-state index contributed by atoms with van der Waals surface area (Å²) in [6, 6.07) is 2.26. The molecule has 0 aliphatic rings. The Morgan fingerprint density at radius 1 is 1.39 bits per heavy atom. The number of hydrogen-bond donors (Lipinski definition) is 1. The number of hydrogen-bond acceptors (Lipinski definition) is 2. The SMILES string of the molecule is Cc1ccc(F)c(NS(=O)(=O)CC(C)CCl)c1F. The number of nitrogens with one attached hydrogen (secondary N) is 1. The Hall–Kier alpha value is -0.880. The quantitative estimate of drug-likeness (QED) is 0.850. The van der Waals surface area contributed by atoms with Gasteiger partial charge in [-0.15, -0.1) is 11.6 Å². The Bertz CT molecular complexity index is 534. The van der Waals surface area contributed by atoms with Crippen molar-refractivity contribution in [1.82, 2.24) is 0 Å². The first-order valence-electron chi connectivity index (χ1n) is 5.28. The predicted octanol–water partition coefficient (Wildman–Crippen LogP) is 2.89. The highest BCUT2D eigenvalue weighted by Gasteiger charge is 2.20. The van der Waals surface area contributed by atoms with Crippen LogP contribution in [0.15, 0.2) is 12.1 Å². The van der Waals surface area contributed by atoms with Gasteiger partial charge in [0.1, 0.15) is 11.5 Å². The topological polar surface area (TPSA) is 46.2 Å². The van der Waals surface area contributed by atoms with Gasteiger partial charge >= 0.3 is 0 Å². The van der Waals surface area contributed by atoms with E-state index in [0.29, 0.717) is 0 Å². The molecule has 0 fully saturated rings. The molecule has 7 heteroatoms. The number of benzene rings is 1. The van der Waals surface area contributed by atoms with E-state index in [9.17, 15) is 17.2 Å². The fourth-order valence-corrected chi connectivity index (χ4v) is 3.05. The second kappa shape index (κ2) is 5.84. The van der Waals surface area contributed by atoms with Crippen LogP contribution in [0.4, 0.5) is 14.5 Å². The monoisotopic (exact) mass is 297 g/mol. The molecule has 1 rings (SSSR count). The molecule has 0 aliphatic carbocycles. The average molecular weight is 298 g/mol. The lowest BCUT2D eigenvalue weighted by molar-refractivity contribution is 0.574. The molecule has 0 aromatic heterocycles. The molecule has 102 valence electrons. The van der Waals surface area contributed by atoms with E-state index in [1.54, 1.807) is 6.92 Å². The molecule has 0 radical (unpaired) electrons. The smallest absolute Gasteiger partial charge is 0.233 e. The molecule has 1 aromatic carbocycles. The summed E-state index contributed by atoms with van der Waals surface area (Å²) in [7, 11) is -3.82. The largest absolute Gasteiger partial charge is 0.278 e. The Kier molecular flexibility index (Phi) is 4.92. The fourth-order valence-electron chi connectivity index (χ4n) is 1.37.